The minimum Gasteiger partial charge on any atom is -0.313 e. The molecule has 3 unspecified atom stereocenters. The summed E-state index contributed by atoms with van der Waals surface area (Å²) in [5.41, 5.74) is 5.70. The summed E-state index contributed by atoms with van der Waals surface area (Å²) in [5.74, 6) is 0.415. The third kappa shape index (κ3) is 3.49. The highest BCUT2D eigenvalue weighted by Crippen LogP contribution is 2.36. The molecule has 2 fully saturated rings. The molecule has 0 spiro atoms. The third-order valence-corrected chi connectivity index (χ3v) is 5.31. The molecular formula is C16H29N3. The van der Waals surface area contributed by atoms with Crippen LogP contribution < -0.4 is 5.73 Å². The van der Waals surface area contributed by atoms with Crippen LogP contribution >= 0.6 is 0 Å². The van der Waals surface area contributed by atoms with E-state index in [9.17, 15) is 5.26 Å². The molecule has 0 aromatic carbocycles. The van der Waals surface area contributed by atoms with Crippen LogP contribution in [0, 0.1) is 17.2 Å². The average Bonchev–Trinajstić information content (AvgIpc) is 2.66. The van der Waals surface area contributed by atoms with E-state index in [1.165, 1.54) is 38.6 Å². The Labute approximate surface area is 118 Å². The van der Waals surface area contributed by atoms with Gasteiger partial charge in [-0.15, -0.1) is 0 Å². The van der Waals surface area contributed by atoms with Crippen LogP contribution in [0.3, 0.4) is 0 Å². The van der Waals surface area contributed by atoms with Gasteiger partial charge in [-0.05, 0) is 57.5 Å². The Hall–Kier alpha value is -0.590. The Morgan fingerprint density at radius 2 is 2.11 bits per heavy atom. The lowest BCUT2D eigenvalue weighted by atomic mass is 9.87. The molecule has 3 atom stereocenters. The van der Waals surface area contributed by atoms with Gasteiger partial charge in [-0.25, -0.2) is 0 Å². The smallest absolute Gasteiger partial charge is 0.107 e. The maximum Gasteiger partial charge on any atom is 0.107 e. The lowest BCUT2D eigenvalue weighted by Gasteiger charge is -2.32. The van der Waals surface area contributed by atoms with Crippen LogP contribution in [0.5, 0.6) is 0 Å². The molecule has 2 rings (SSSR count). The molecule has 1 saturated carbocycles. The van der Waals surface area contributed by atoms with Gasteiger partial charge in [-0.2, -0.15) is 5.26 Å². The Morgan fingerprint density at radius 1 is 1.26 bits per heavy atom. The second-order valence-electron chi connectivity index (χ2n) is 6.48. The molecule has 0 aromatic heterocycles. The third-order valence-electron chi connectivity index (χ3n) is 5.31. The molecule has 0 radical (unpaired) electrons. The molecule has 2 aliphatic rings. The summed E-state index contributed by atoms with van der Waals surface area (Å²) in [6, 6.07) is 3.14. The Bertz CT molecular complexity index is 322. The number of rotatable bonds is 4. The summed E-state index contributed by atoms with van der Waals surface area (Å²) in [6.45, 7) is 4.69. The van der Waals surface area contributed by atoms with E-state index in [2.05, 4.69) is 17.9 Å². The normalized spacial score (nSPS) is 36.9. The molecule has 0 amide bonds. The van der Waals surface area contributed by atoms with Crippen molar-refractivity contribution in [2.45, 2.75) is 76.3 Å². The van der Waals surface area contributed by atoms with Crippen molar-refractivity contribution in [2.24, 2.45) is 11.7 Å². The maximum absolute atomic E-state index is 9.29. The molecule has 1 aliphatic heterocycles. The quantitative estimate of drug-likeness (QED) is 0.848. The van der Waals surface area contributed by atoms with E-state index >= 15 is 0 Å². The first-order chi connectivity index (χ1) is 9.19. The molecule has 19 heavy (non-hydrogen) atoms. The van der Waals surface area contributed by atoms with Gasteiger partial charge < -0.3 is 10.6 Å². The minimum atomic E-state index is -0.534. The molecule has 2 N–H and O–H groups in total. The highest BCUT2D eigenvalue weighted by Gasteiger charge is 2.39. The molecule has 3 nitrogen and oxygen atoms in total. The van der Waals surface area contributed by atoms with Crippen LogP contribution in [-0.4, -0.2) is 29.6 Å². The highest BCUT2D eigenvalue weighted by molar-refractivity contribution is 5.12. The fraction of sp³-hybridized carbons (Fsp3) is 0.938. The van der Waals surface area contributed by atoms with Crippen molar-refractivity contribution in [1.82, 2.24) is 4.90 Å². The number of nitriles is 1. The maximum atomic E-state index is 9.29. The highest BCUT2D eigenvalue weighted by atomic mass is 15.2. The lowest BCUT2D eigenvalue weighted by Crippen LogP contribution is -2.44. The fourth-order valence-corrected chi connectivity index (χ4v) is 3.97. The Morgan fingerprint density at radius 3 is 2.84 bits per heavy atom. The monoisotopic (exact) mass is 263 g/mol. The molecule has 0 bridgehead atoms. The first-order valence-electron chi connectivity index (χ1n) is 8.14. The number of nitrogens with zero attached hydrogens (tertiary/aromatic N) is 2. The molecule has 108 valence electrons. The Balaban J connectivity index is 1.88. The van der Waals surface area contributed by atoms with Gasteiger partial charge in [0.15, 0.2) is 0 Å². The first-order valence-corrected chi connectivity index (χ1v) is 8.14. The van der Waals surface area contributed by atoms with Crippen LogP contribution in [0.2, 0.25) is 0 Å². The van der Waals surface area contributed by atoms with Gasteiger partial charge in [-0.1, -0.05) is 26.2 Å². The van der Waals surface area contributed by atoms with Gasteiger partial charge >= 0.3 is 0 Å². The first kappa shape index (κ1) is 14.8. The summed E-state index contributed by atoms with van der Waals surface area (Å²) >= 11 is 0. The van der Waals surface area contributed by atoms with E-state index in [4.69, 9.17) is 5.73 Å². The van der Waals surface area contributed by atoms with Gasteiger partial charge in [0.1, 0.15) is 5.54 Å². The van der Waals surface area contributed by atoms with Gasteiger partial charge in [-0.3, -0.25) is 0 Å². The molecular weight excluding hydrogens is 234 g/mol. The van der Waals surface area contributed by atoms with Crippen LogP contribution in [0.25, 0.3) is 0 Å². The molecule has 1 aliphatic carbocycles. The van der Waals surface area contributed by atoms with Gasteiger partial charge in [0.2, 0.25) is 0 Å². The fourth-order valence-electron chi connectivity index (χ4n) is 3.97. The van der Waals surface area contributed by atoms with E-state index in [0.717, 1.165) is 38.3 Å². The van der Waals surface area contributed by atoms with E-state index in [1.807, 2.05) is 0 Å². The second kappa shape index (κ2) is 6.72. The zero-order valence-electron chi connectivity index (χ0n) is 12.4. The van der Waals surface area contributed by atoms with Crippen molar-refractivity contribution in [2.75, 3.05) is 13.1 Å². The van der Waals surface area contributed by atoms with Crippen molar-refractivity contribution in [1.29, 1.82) is 5.26 Å². The summed E-state index contributed by atoms with van der Waals surface area (Å²) in [7, 11) is 0. The molecule has 0 aromatic rings. The van der Waals surface area contributed by atoms with E-state index in [0.29, 0.717) is 5.92 Å². The van der Waals surface area contributed by atoms with Crippen LogP contribution in [-0.2, 0) is 0 Å². The number of likely N-dealkylation sites (tertiary alicyclic amines) is 1. The predicted molar refractivity (Wildman–Crippen MR) is 78.6 cm³/mol. The minimum absolute atomic E-state index is 0.415. The van der Waals surface area contributed by atoms with Gasteiger partial charge in [0.05, 0.1) is 6.07 Å². The van der Waals surface area contributed by atoms with Crippen molar-refractivity contribution in [3.05, 3.63) is 0 Å². The second-order valence-corrected chi connectivity index (χ2v) is 6.48. The zero-order chi connectivity index (χ0) is 13.7. The number of nitrogens with two attached hydrogens (primary N) is 1. The molecule has 1 saturated heterocycles. The standard InChI is InChI=1S/C16H29N3/c1-2-15-8-4-3-5-11-19(15)12-9-14-7-6-10-16(14,18)13-17/h14-15H,2-12,18H2,1H3. The summed E-state index contributed by atoms with van der Waals surface area (Å²) in [5, 5.41) is 9.29. The SMILES string of the molecule is CCC1CCCCCN1CCC1CCCC1(N)C#N. The van der Waals surface area contributed by atoms with Crippen molar-refractivity contribution in [3.8, 4) is 6.07 Å². The lowest BCUT2D eigenvalue weighted by molar-refractivity contribution is 0.174. The molecule has 1 heterocycles. The Kier molecular flexibility index (Phi) is 5.24. The van der Waals surface area contributed by atoms with Crippen LogP contribution in [0.15, 0.2) is 0 Å². The number of hydrogen-bond donors (Lipinski definition) is 1. The summed E-state index contributed by atoms with van der Waals surface area (Å²) in [4.78, 5) is 2.67. The van der Waals surface area contributed by atoms with Gasteiger partial charge in [0.25, 0.3) is 0 Å². The van der Waals surface area contributed by atoms with Crippen molar-refractivity contribution >= 4 is 0 Å². The number of hydrogen-bond acceptors (Lipinski definition) is 3. The summed E-state index contributed by atoms with van der Waals surface area (Å²) in [6.07, 6.45) is 11.0. The van der Waals surface area contributed by atoms with E-state index < -0.39 is 5.54 Å². The predicted octanol–water partition coefficient (Wildman–Crippen LogP) is 3.05. The van der Waals surface area contributed by atoms with E-state index in [1.54, 1.807) is 0 Å². The average molecular weight is 263 g/mol. The van der Waals surface area contributed by atoms with Crippen molar-refractivity contribution in [3.63, 3.8) is 0 Å². The summed E-state index contributed by atoms with van der Waals surface area (Å²) < 4.78 is 0. The van der Waals surface area contributed by atoms with E-state index in [-0.39, 0.29) is 0 Å². The topological polar surface area (TPSA) is 53.0 Å². The zero-order valence-corrected chi connectivity index (χ0v) is 12.4. The van der Waals surface area contributed by atoms with Crippen LogP contribution in [0.1, 0.15) is 64.7 Å². The van der Waals surface area contributed by atoms with Crippen molar-refractivity contribution < 1.29 is 0 Å². The molecule has 3 heteroatoms. The van der Waals surface area contributed by atoms with Gasteiger partial charge in [0, 0.05) is 6.04 Å². The van der Waals surface area contributed by atoms with Crippen LogP contribution in [0.4, 0.5) is 0 Å². The largest absolute Gasteiger partial charge is 0.313 e.